The minimum Gasteiger partial charge on any atom is -0.372 e. The molecule has 0 spiro atoms. The number of benzene rings is 1. The van der Waals surface area contributed by atoms with Gasteiger partial charge in [-0.3, -0.25) is 0 Å². The topological polar surface area (TPSA) is 29.3 Å². The van der Waals surface area contributed by atoms with Crippen molar-refractivity contribution < 1.29 is 0 Å². The second kappa shape index (κ2) is 8.13. The predicted molar refractivity (Wildman–Crippen MR) is 76.6 cm³/mol. The first-order valence-corrected chi connectivity index (χ1v) is 6.79. The first-order chi connectivity index (χ1) is 8.27. The first kappa shape index (κ1) is 14.0. The van der Waals surface area contributed by atoms with E-state index in [9.17, 15) is 0 Å². The van der Waals surface area contributed by atoms with Crippen molar-refractivity contribution in [2.45, 2.75) is 39.5 Å². The molecule has 0 fully saturated rings. The van der Waals surface area contributed by atoms with Crippen molar-refractivity contribution in [2.24, 2.45) is 5.73 Å². The van der Waals surface area contributed by atoms with Gasteiger partial charge in [0.1, 0.15) is 0 Å². The van der Waals surface area contributed by atoms with E-state index in [2.05, 4.69) is 43.0 Å². The molecular formula is C15H26N2. The fourth-order valence-electron chi connectivity index (χ4n) is 2.10. The van der Waals surface area contributed by atoms with Crippen LogP contribution in [0.3, 0.4) is 0 Å². The van der Waals surface area contributed by atoms with Crippen LogP contribution in [-0.2, 0) is 0 Å². The van der Waals surface area contributed by atoms with Crippen molar-refractivity contribution >= 4 is 5.69 Å². The summed E-state index contributed by atoms with van der Waals surface area (Å²) in [5.74, 6) is 0. The third-order valence-corrected chi connectivity index (χ3v) is 3.13. The van der Waals surface area contributed by atoms with E-state index in [-0.39, 0.29) is 0 Å². The van der Waals surface area contributed by atoms with Crippen LogP contribution in [0, 0.1) is 6.92 Å². The number of hydrogen-bond donors (Lipinski definition) is 1. The molecule has 0 radical (unpaired) electrons. The van der Waals surface area contributed by atoms with Gasteiger partial charge in [-0.2, -0.15) is 0 Å². The molecule has 1 aromatic rings. The highest BCUT2D eigenvalue weighted by Gasteiger charge is 2.03. The Labute approximate surface area is 106 Å². The summed E-state index contributed by atoms with van der Waals surface area (Å²) >= 11 is 0. The fourth-order valence-corrected chi connectivity index (χ4v) is 2.10. The van der Waals surface area contributed by atoms with Crippen LogP contribution >= 0.6 is 0 Å². The maximum Gasteiger partial charge on any atom is 0.0368 e. The van der Waals surface area contributed by atoms with E-state index in [1.807, 2.05) is 0 Å². The van der Waals surface area contributed by atoms with Crippen LogP contribution in [0.4, 0.5) is 5.69 Å². The maximum atomic E-state index is 5.49. The van der Waals surface area contributed by atoms with Crippen molar-refractivity contribution in [1.82, 2.24) is 0 Å². The molecule has 0 aliphatic heterocycles. The summed E-state index contributed by atoms with van der Waals surface area (Å²) in [4.78, 5) is 2.45. The van der Waals surface area contributed by atoms with E-state index < -0.39 is 0 Å². The molecule has 1 rings (SSSR count). The number of nitrogens with zero attached hydrogens (tertiary/aromatic N) is 1. The van der Waals surface area contributed by atoms with E-state index in [1.165, 1.54) is 30.5 Å². The summed E-state index contributed by atoms with van der Waals surface area (Å²) in [7, 11) is 0. The Bertz CT molecular complexity index is 310. The van der Waals surface area contributed by atoms with Gasteiger partial charge in [-0.1, -0.05) is 25.0 Å². The molecule has 0 aromatic heterocycles. The smallest absolute Gasteiger partial charge is 0.0368 e. The summed E-state index contributed by atoms with van der Waals surface area (Å²) in [6.07, 6.45) is 4.99. The van der Waals surface area contributed by atoms with Crippen LogP contribution in [0.1, 0.15) is 38.2 Å². The number of anilines is 1. The lowest BCUT2D eigenvalue weighted by Crippen LogP contribution is -2.23. The van der Waals surface area contributed by atoms with Crippen LogP contribution < -0.4 is 10.6 Å². The number of hydrogen-bond acceptors (Lipinski definition) is 2. The molecule has 0 saturated heterocycles. The van der Waals surface area contributed by atoms with E-state index in [0.717, 1.165) is 26.1 Å². The Hall–Kier alpha value is -1.02. The lowest BCUT2D eigenvalue weighted by Gasteiger charge is -2.23. The molecule has 0 saturated carbocycles. The van der Waals surface area contributed by atoms with E-state index in [0.29, 0.717) is 0 Å². The lowest BCUT2D eigenvalue weighted by atomic mass is 10.1. The van der Waals surface area contributed by atoms with Gasteiger partial charge in [-0.05, 0) is 50.9 Å². The number of aryl methyl sites for hydroxylation is 1. The molecule has 0 unspecified atom stereocenters. The third kappa shape index (κ3) is 5.22. The van der Waals surface area contributed by atoms with Gasteiger partial charge < -0.3 is 10.6 Å². The van der Waals surface area contributed by atoms with Gasteiger partial charge >= 0.3 is 0 Å². The van der Waals surface area contributed by atoms with E-state index >= 15 is 0 Å². The molecule has 0 bridgehead atoms. The van der Waals surface area contributed by atoms with Gasteiger partial charge in [0.05, 0.1) is 0 Å². The van der Waals surface area contributed by atoms with Crippen molar-refractivity contribution in [1.29, 1.82) is 0 Å². The predicted octanol–water partition coefficient (Wildman–Crippen LogP) is 3.34. The van der Waals surface area contributed by atoms with Crippen LogP contribution in [0.5, 0.6) is 0 Å². The Balaban J connectivity index is 2.38. The average Bonchev–Trinajstić information content (AvgIpc) is 2.34. The van der Waals surface area contributed by atoms with Gasteiger partial charge in [-0.25, -0.2) is 0 Å². The van der Waals surface area contributed by atoms with Gasteiger partial charge in [0, 0.05) is 18.8 Å². The van der Waals surface area contributed by atoms with Crippen molar-refractivity contribution in [3.8, 4) is 0 Å². The summed E-state index contributed by atoms with van der Waals surface area (Å²) < 4.78 is 0. The van der Waals surface area contributed by atoms with Gasteiger partial charge in [0.15, 0.2) is 0 Å². The highest BCUT2D eigenvalue weighted by Crippen LogP contribution is 2.16. The minimum atomic E-state index is 0.829. The molecular weight excluding hydrogens is 208 g/mol. The van der Waals surface area contributed by atoms with Crippen LogP contribution in [0.15, 0.2) is 24.3 Å². The van der Waals surface area contributed by atoms with E-state index in [1.54, 1.807) is 0 Å². The van der Waals surface area contributed by atoms with Gasteiger partial charge in [0.25, 0.3) is 0 Å². The van der Waals surface area contributed by atoms with Crippen molar-refractivity contribution in [3.05, 3.63) is 29.8 Å². The largest absolute Gasteiger partial charge is 0.372 e. The molecule has 17 heavy (non-hydrogen) atoms. The minimum absolute atomic E-state index is 0.829. The summed E-state index contributed by atoms with van der Waals surface area (Å²) in [6.45, 7) is 7.45. The zero-order chi connectivity index (χ0) is 12.5. The molecule has 0 aliphatic rings. The number of rotatable bonds is 8. The zero-order valence-corrected chi connectivity index (χ0v) is 11.3. The lowest BCUT2D eigenvalue weighted by molar-refractivity contribution is 0.633. The summed E-state index contributed by atoms with van der Waals surface area (Å²) in [6, 6.07) is 8.76. The van der Waals surface area contributed by atoms with Gasteiger partial charge in [-0.15, -0.1) is 0 Å². The molecule has 0 amide bonds. The molecule has 0 atom stereocenters. The zero-order valence-electron chi connectivity index (χ0n) is 11.3. The molecule has 0 aliphatic carbocycles. The van der Waals surface area contributed by atoms with E-state index in [4.69, 9.17) is 5.73 Å². The van der Waals surface area contributed by atoms with Crippen molar-refractivity contribution in [3.63, 3.8) is 0 Å². The second-order valence-corrected chi connectivity index (χ2v) is 4.62. The second-order valence-electron chi connectivity index (χ2n) is 4.62. The Morgan fingerprint density at radius 2 is 1.88 bits per heavy atom. The highest BCUT2D eigenvalue weighted by atomic mass is 15.1. The Morgan fingerprint density at radius 1 is 1.12 bits per heavy atom. The molecule has 96 valence electrons. The molecule has 2 heteroatoms. The third-order valence-electron chi connectivity index (χ3n) is 3.13. The molecule has 2 nitrogen and oxygen atoms in total. The Morgan fingerprint density at radius 3 is 2.53 bits per heavy atom. The monoisotopic (exact) mass is 234 g/mol. The normalized spacial score (nSPS) is 10.5. The standard InChI is InChI=1S/C15H26N2/c1-3-17(12-7-5-4-6-11-16)15-10-8-9-14(2)13-15/h8-10,13H,3-7,11-12,16H2,1-2H3. The number of unbranched alkanes of at least 4 members (excludes halogenated alkanes) is 3. The highest BCUT2D eigenvalue weighted by molar-refractivity contribution is 5.48. The summed E-state index contributed by atoms with van der Waals surface area (Å²) in [5.41, 5.74) is 8.18. The summed E-state index contributed by atoms with van der Waals surface area (Å²) in [5, 5.41) is 0. The average molecular weight is 234 g/mol. The van der Waals surface area contributed by atoms with Crippen LogP contribution in [0.2, 0.25) is 0 Å². The maximum absolute atomic E-state index is 5.49. The molecule has 0 heterocycles. The number of nitrogens with two attached hydrogens (primary N) is 1. The quantitative estimate of drug-likeness (QED) is 0.699. The van der Waals surface area contributed by atoms with Crippen LogP contribution in [-0.4, -0.2) is 19.6 Å². The van der Waals surface area contributed by atoms with Gasteiger partial charge in [0.2, 0.25) is 0 Å². The molecule has 2 N–H and O–H groups in total. The molecule has 1 aromatic carbocycles. The SMILES string of the molecule is CCN(CCCCCCN)c1cccc(C)c1. The Kier molecular flexibility index (Phi) is 6.71. The van der Waals surface area contributed by atoms with Crippen LogP contribution in [0.25, 0.3) is 0 Å². The van der Waals surface area contributed by atoms with Crippen molar-refractivity contribution in [2.75, 3.05) is 24.5 Å². The first-order valence-electron chi connectivity index (χ1n) is 6.79. The fraction of sp³-hybridized carbons (Fsp3) is 0.600.